The summed E-state index contributed by atoms with van der Waals surface area (Å²) < 4.78 is 0. The molecule has 0 radical (unpaired) electrons. The van der Waals surface area contributed by atoms with Gasteiger partial charge in [0.05, 0.1) is 13.2 Å². The zero-order valence-corrected chi connectivity index (χ0v) is 11.5. The predicted octanol–water partition coefficient (Wildman–Crippen LogP) is -6.12. The van der Waals surface area contributed by atoms with E-state index in [9.17, 15) is 9.59 Å². The lowest BCUT2D eigenvalue weighted by Gasteiger charge is -2.19. The van der Waals surface area contributed by atoms with Crippen LogP contribution in [-0.2, 0) is 9.59 Å². The number of ketones is 1. The van der Waals surface area contributed by atoms with Gasteiger partial charge < -0.3 is 50.8 Å². The van der Waals surface area contributed by atoms with Crippen molar-refractivity contribution in [3.05, 3.63) is 0 Å². The first kappa shape index (κ1) is 23.2. The minimum atomic E-state index is -1.86. The maximum absolute atomic E-state index is 10.5. The fourth-order valence-corrected chi connectivity index (χ4v) is 1.02. The second kappa shape index (κ2) is 12.5. The summed E-state index contributed by atoms with van der Waals surface area (Å²) in [7, 11) is 0. The zero-order valence-electron chi connectivity index (χ0n) is 11.5. The van der Waals surface area contributed by atoms with Crippen LogP contribution in [-0.4, -0.2) is 114 Å². The summed E-state index contributed by atoms with van der Waals surface area (Å²) in [6.45, 7) is -2.38. The second-order valence-electron chi connectivity index (χ2n) is 4.18. The Morgan fingerprint density at radius 2 is 1.23 bits per heavy atom. The molecule has 11 nitrogen and oxygen atoms in total. The first-order valence-corrected chi connectivity index (χ1v) is 6.06. The minimum Gasteiger partial charge on any atom is -0.394 e. The molecule has 0 amide bonds. The Hall–Kier alpha value is -1.02. The van der Waals surface area contributed by atoms with Crippen molar-refractivity contribution < 1.29 is 55.5 Å². The third-order valence-electron chi connectivity index (χ3n) is 2.46. The fourth-order valence-electron chi connectivity index (χ4n) is 1.02. The van der Waals surface area contributed by atoms with E-state index in [0.29, 0.717) is 0 Å². The highest BCUT2D eigenvalue weighted by molar-refractivity contribution is 5.84. The Balaban J connectivity index is 0. The van der Waals surface area contributed by atoms with Gasteiger partial charge in [-0.1, -0.05) is 0 Å². The minimum absolute atomic E-state index is 0.0869. The Labute approximate surface area is 125 Å². The summed E-state index contributed by atoms with van der Waals surface area (Å²) >= 11 is 0. The maximum Gasteiger partial charge on any atom is 0.189 e. The summed E-state index contributed by atoms with van der Waals surface area (Å²) in [6.07, 6.45) is -9.85. The smallest absolute Gasteiger partial charge is 0.189 e. The van der Waals surface area contributed by atoms with Crippen LogP contribution in [0.3, 0.4) is 0 Å². The van der Waals surface area contributed by atoms with Crippen LogP contribution in [0.2, 0.25) is 0 Å². The van der Waals surface area contributed by atoms with Gasteiger partial charge in [-0.15, -0.1) is 0 Å². The van der Waals surface area contributed by atoms with Gasteiger partial charge in [0, 0.05) is 0 Å². The number of hydrogen-bond donors (Lipinski definition) is 9. The molecule has 0 unspecified atom stereocenters. The van der Waals surface area contributed by atoms with Gasteiger partial charge in [-0.3, -0.25) is 4.79 Å². The molecule has 6 atom stereocenters. The van der Waals surface area contributed by atoms with E-state index < -0.39 is 62.2 Å². The molecule has 0 aromatic heterocycles. The Kier molecular flexibility index (Phi) is 13.2. The highest BCUT2D eigenvalue weighted by Crippen LogP contribution is 2.00. The van der Waals surface area contributed by atoms with Gasteiger partial charge in [0.1, 0.15) is 43.2 Å². The van der Waals surface area contributed by atoms with E-state index in [1.54, 1.807) is 0 Å². The Bertz CT molecular complexity index is 310. The van der Waals surface area contributed by atoms with Crippen LogP contribution < -0.4 is 0 Å². The van der Waals surface area contributed by atoms with E-state index in [-0.39, 0.29) is 6.29 Å². The van der Waals surface area contributed by atoms with Crippen molar-refractivity contribution >= 4 is 12.1 Å². The number of carbonyl (C=O) groups is 2. The Morgan fingerprint density at radius 1 is 0.818 bits per heavy atom. The van der Waals surface area contributed by atoms with Crippen molar-refractivity contribution in [2.24, 2.45) is 0 Å². The van der Waals surface area contributed by atoms with Gasteiger partial charge in [-0.25, -0.2) is 0 Å². The number of aldehydes is 1. The largest absolute Gasteiger partial charge is 0.394 e. The molecule has 0 heterocycles. The predicted molar refractivity (Wildman–Crippen MR) is 68.4 cm³/mol. The van der Waals surface area contributed by atoms with Crippen molar-refractivity contribution in [2.45, 2.75) is 36.6 Å². The van der Waals surface area contributed by atoms with Crippen molar-refractivity contribution in [1.82, 2.24) is 0 Å². The molecule has 22 heavy (non-hydrogen) atoms. The van der Waals surface area contributed by atoms with Crippen LogP contribution in [0, 0.1) is 0 Å². The highest BCUT2D eigenvalue weighted by Gasteiger charge is 2.28. The van der Waals surface area contributed by atoms with E-state index >= 15 is 0 Å². The molecule has 0 aromatic rings. The monoisotopic (exact) mass is 330 g/mol. The highest BCUT2D eigenvalue weighted by atomic mass is 16.4. The van der Waals surface area contributed by atoms with Crippen LogP contribution in [0.4, 0.5) is 0 Å². The van der Waals surface area contributed by atoms with Gasteiger partial charge in [-0.2, -0.15) is 0 Å². The molecule has 0 spiro atoms. The molecule has 0 aliphatic carbocycles. The van der Waals surface area contributed by atoms with E-state index in [1.165, 1.54) is 0 Å². The average Bonchev–Trinajstić information content (AvgIpc) is 2.56. The van der Waals surface area contributed by atoms with E-state index in [0.717, 1.165) is 0 Å². The average molecular weight is 330 g/mol. The molecule has 0 saturated heterocycles. The number of rotatable bonds is 9. The molecule has 0 aliphatic rings. The first-order valence-electron chi connectivity index (χ1n) is 6.06. The summed E-state index contributed by atoms with van der Waals surface area (Å²) in [5.41, 5.74) is 0. The lowest BCUT2D eigenvalue weighted by atomic mass is 10.1. The number of Topliss-reactive ketones (excluding diaryl/α,β-unsaturated/α-hetero) is 1. The molecule has 9 N–H and O–H groups in total. The molecular weight excluding hydrogens is 308 g/mol. The lowest BCUT2D eigenvalue weighted by Crippen LogP contribution is -2.44. The number of aliphatic hydroxyl groups excluding tert-OH is 9. The van der Waals surface area contributed by atoms with Gasteiger partial charge >= 0.3 is 0 Å². The van der Waals surface area contributed by atoms with Crippen molar-refractivity contribution in [3.8, 4) is 0 Å². The standard InChI is InChI=1S/C6H12O6.C5H10O5/c7-1-3(9)5(11)6(12)4(10)2-8;6-1-3(8)5(10)4(9)2-7/h3,5-9,11-12H,1-2H2;1,3-5,7-10H,2H2/t3-,5+,6-;3-,4-,5-/m11/s1. The molecule has 0 aromatic carbocycles. The number of carbonyl (C=O) groups excluding carboxylic acids is 2. The summed E-state index contributed by atoms with van der Waals surface area (Å²) in [6, 6.07) is 0. The molecule has 0 rings (SSSR count). The topological polar surface area (TPSA) is 216 Å². The van der Waals surface area contributed by atoms with Crippen molar-refractivity contribution in [1.29, 1.82) is 0 Å². The van der Waals surface area contributed by atoms with Crippen LogP contribution in [0.15, 0.2) is 0 Å². The number of aliphatic hydroxyl groups is 9. The molecule has 11 heteroatoms. The third-order valence-corrected chi connectivity index (χ3v) is 2.46. The van der Waals surface area contributed by atoms with Crippen LogP contribution in [0.1, 0.15) is 0 Å². The second-order valence-corrected chi connectivity index (χ2v) is 4.18. The van der Waals surface area contributed by atoms with Crippen LogP contribution in [0.5, 0.6) is 0 Å². The fraction of sp³-hybridized carbons (Fsp3) is 0.818. The molecule has 0 bridgehead atoms. The first-order chi connectivity index (χ1) is 10.2. The number of hydrogen-bond acceptors (Lipinski definition) is 11. The molecule has 0 saturated carbocycles. The van der Waals surface area contributed by atoms with Crippen molar-refractivity contribution in [3.63, 3.8) is 0 Å². The van der Waals surface area contributed by atoms with Gasteiger partial charge in [-0.05, 0) is 0 Å². The molecule has 132 valence electrons. The molecule has 0 fully saturated rings. The van der Waals surface area contributed by atoms with E-state index in [1.807, 2.05) is 0 Å². The van der Waals surface area contributed by atoms with Gasteiger partial charge in [0.25, 0.3) is 0 Å². The summed E-state index contributed by atoms with van der Waals surface area (Å²) in [4.78, 5) is 20.3. The summed E-state index contributed by atoms with van der Waals surface area (Å²) in [5, 5.41) is 77.1. The van der Waals surface area contributed by atoms with E-state index in [2.05, 4.69) is 0 Å². The van der Waals surface area contributed by atoms with Gasteiger partial charge in [0.15, 0.2) is 12.1 Å². The van der Waals surface area contributed by atoms with Crippen molar-refractivity contribution in [2.75, 3.05) is 19.8 Å². The zero-order chi connectivity index (χ0) is 17.9. The van der Waals surface area contributed by atoms with Crippen LogP contribution in [0.25, 0.3) is 0 Å². The Morgan fingerprint density at radius 3 is 1.55 bits per heavy atom. The van der Waals surface area contributed by atoms with E-state index in [4.69, 9.17) is 46.0 Å². The van der Waals surface area contributed by atoms with Gasteiger partial charge in [0.2, 0.25) is 0 Å². The third kappa shape index (κ3) is 8.43. The SMILES string of the molecule is O=C(CO)[C@@H](O)[C@@H](O)[C@H](O)CO.O=C[C@@H](O)[C@@H](O)[C@H](O)CO. The quantitative estimate of drug-likeness (QED) is 0.181. The maximum atomic E-state index is 10.5. The van der Waals surface area contributed by atoms with Crippen LogP contribution >= 0.6 is 0 Å². The normalized spacial score (nSPS) is 19.0. The molecular formula is C11H22O11. The molecule has 0 aliphatic heterocycles. The summed E-state index contributed by atoms with van der Waals surface area (Å²) in [5.74, 6) is -1.00. The lowest BCUT2D eigenvalue weighted by molar-refractivity contribution is -0.142.